The summed E-state index contributed by atoms with van der Waals surface area (Å²) >= 11 is 0. The molecule has 0 aliphatic rings. The van der Waals surface area contributed by atoms with Crippen LogP contribution < -0.4 is 66.3 Å². The molecule has 0 fully saturated rings. The van der Waals surface area contributed by atoms with Gasteiger partial charge in [-0.25, -0.2) is 0 Å². The second kappa shape index (κ2) is 7.59. The SMILES string of the molecule is COc1ccc(OCc2nnn(C)n2)c([B-](F)(F)F)c1.[K+]. The molecule has 2 aromatic rings. The van der Waals surface area contributed by atoms with Crippen LogP contribution in [0.1, 0.15) is 5.82 Å². The van der Waals surface area contributed by atoms with Gasteiger partial charge in [-0.3, -0.25) is 0 Å². The number of nitrogens with zero attached hydrogens (tertiary/aromatic N) is 4. The molecular formula is C10H11BF3KN4O2. The zero-order valence-electron chi connectivity index (χ0n) is 11.8. The first-order valence-electron chi connectivity index (χ1n) is 5.63. The van der Waals surface area contributed by atoms with Crippen molar-refractivity contribution in [3.05, 3.63) is 24.0 Å². The molecule has 0 aliphatic heterocycles. The van der Waals surface area contributed by atoms with Gasteiger partial charge in [0.2, 0.25) is 5.82 Å². The van der Waals surface area contributed by atoms with E-state index < -0.39 is 12.4 Å². The Balaban J connectivity index is 0.00000220. The molecular weight excluding hydrogens is 315 g/mol. The van der Waals surface area contributed by atoms with Crippen LogP contribution in [0.25, 0.3) is 0 Å². The fourth-order valence-electron chi connectivity index (χ4n) is 1.56. The number of rotatable bonds is 5. The number of hydrogen-bond acceptors (Lipinski definition) is 5. The Hall–Kier alpha value is -0.619. The van der Waals surface area contributed by atoms with Gasteiger partial charge in [-0.1, -0.05) is 5.46 Å². The summed E-state index contributed by atoms with van der Waals surface area (Å²) in [6.07, 6.45) is 0. The van der Waals surface area contributed by atoms with E-state index in [1.54, 1.807) is 7.05 Å². The van der Waals surface area contributed by atoms with Gasteiger partial charge in [-0.2, -0.15) is 4.80 Å². The Morgan fingerprint density at radius 3 is 2.52 bits per heavy atom. The second-order valence-corrected chi connectivity index (χ2v) is 3.96. The van der Waals surface area contributed by atoms with E-state index in [0.717, 1.165) is 6.07 Å². The predicted molar refractivity (Wildman–Crippen MR) is 64.8 cm³/mol. The molecule has 0 aliphatic carbocycles. The van der Waals surface area contributed by atoms with Gasteiger partial charge in [-0.15, -0.1) is 10.2 Å². The Labute approximate surface area is 161 Å². The fraction of sp³-hybridized carbons (Fsp3) is 0.300. The average Bonchev–Trinajstić information content (AvgIpc) is 2.81. The van der Waals surface area contributed by atoms with Crippen LogP contribution in [0.4, 0.5) is 12.9 Å². The Morgan fingerprint density at radius 1 is 1.29 bits per heavy atom. The Bertz CT molecular complexity index is 608. The first-order chi connectivity index (χ1) is 9.40. The number of benzene rings is 1. The van der Waals surface area contributed by atoms with Crippen molar-refractivity contribution in [3.8, 4) is 11.5 Å². The number of halogens is 3. The maximum absolute atomic E-state index is 13.0. The van der Waals surface area contributed by atoms with Crippen molar-refractivity contribution in [1.29, 1.82) is 0 Å². The molecule has 1 aromatic carbocycles. The number of aromatic nitrogens is 4. The summed E-state index contributed by atoms with van der Waals surface area (Å²) < 4.78 is 48.8. The molecule has 0 spiro atoms. The van der Waals surface area contributed by atoms with Gasteiger partial charge in [0.25, 0.3) is 0 Å². The number of methoxy groups -OCH3 is 1. The summed E-state index contributed by atoms with van der Waals surface area (Å²) in [5, 5.41) is 11.0. The molecule has 1 aromatic heterocycles. The van der Waals surface area contributed by atoms with Crippen LogP contribution in [0.3, 0.4) is 0 Å². The van der Waals surface area contributed by atoms with Gasteiger partial charge in [0.15, 0.2) is 6.61 Å². The summed E-state index contributed by atoms with van der Waals surface area (Å²) in [7, 11) is 2.85. The maximum Gasteiger partial charge on any atom is 1.00 e. The summed E-state index contributed by atoms with van der Waals surface area (Å²) in [5.41, 5.74) is -0.853. The van der Waals surface area contributed by atoms with E-state index in [2.05, 4.69) is 15.4 Å². The smallest absolute Gasteiger partial charge is 0.497 e. The zero-order valence-corrected chi connectivity index (χ0v) is 14.9. The number of tetrazole rings is 1. The van der Waals surface area contributed by atoms with E-state index in [-0.39, 0.29) is 75.3 Å². The number of hydrogen-bond donors (Lipinski definition) is 0. The van der Waals surface area contributed by atoms with E-state index >= 15 is 0 Å². The van der Waals surface area contributed by atoms with Crippen LogP contribution in [-0.4, -0.2) is 34.3 Å². The molecule has 0 saturated carbocycles. The molecule has 108 valence electrons. The molecule has 11 heteroatoms. The van der Waals surface area contributed by atoms with E-state index in [9.17, 15) is 12.9 Å². The third-order valence-electron chi connectivity index (χ3n) is 2.48. The predicted octanol–water partition coefficient (Wildman–Crippen LogP) is -2.14. The molecule has 0 amide bonds. The van der Waals surface area contributed by atoms with Crippen LogP contribution in [0.15, 0.2) is 18.2 Å². The Kier molecular flexibility index (Phi) is 6.66. The van der Waals surface area contributed by atoms with Crippen molar-refractivity contribution in [2.75, 3.05) is 7.11 Å². The topological polar surface area (TPSA) is 62.1 Å². The second-order valence-electron chi connectivity index (χ2n) is 3.96. The first kappa shape index (κ1) is 18.4. The number of ether oxygens (including phenoxy) is 2. The van der Waals surface area contributed by atoms with Crippen LogP contribution in [0, 0.1) is 0 Å². The van der Waals surface area contributed by atoms with Crippen molar-refractivity contribution < 1.29 is 73.8 Å². The molecule has 0 unspecified atom stereocenters. The normalized spacial score (nSPS) is 10.9. The van der Waals surface area contributed by atoms with E-state index in [1.807, 2.05) is 0 Å². The standard InChI is InChI=1S/C10H11BF3N4O2.K/c1-18-16-10(15-17-18)6-20-9-4-3-7(19-2)5-8(9)11(12,13)14;/h3-5H,6H2,1-2H3;/q-1;+1. The monoisotopic (exact) mass is 326 g/mol. The average molecular weight is 326 g/mol. The molecule has 0 saturated heterocycles. The molecule has 0 radical (unpaired) electrons. The largest absolute Gasteiger partial charge is 1.00 e. The van der Waals surface area contributed by atoms with Gasteiger partial charge in [0.05, 0.1) is 19.9 Å². The van der Waals surface area contributed by atoms with Gasteiger partial charge in [0.1, 0.15) is 5.75 Å². The third-order valence-corrected chi connectivity index (χ3v) is 2.48. The van der Waals surface area contributed by atoms with Gasteiger partial charge in [-0.05, 0) is 23.4 Å². The van der Waals surface area contributed by atoms with Crippen molar-refractivity contribution in [2.24, 2.45) is 7.05 Å². The number of aryl methyl sites for hydroxylation is 1. The zero-order chi connectivity index (χ0) is 14.8. The minimum absolute atomic E-state index is 0. The van der Waals surface area contributed by atoms with Crippen molar-refractivity contribution in [1.82, 2.24) is 20.2 Å². The minimum Gasteiger partial charge on any atom is -0.497 e. The van der Waals surface area contributed by atoms with E-state index in [4.69, 9.17) is 9.47 Å². The Morgan fingerprint density at radius 2 is 2.00 bits per heavy atom. The van der Waals surface area contributed by atoms with E-state index in [0.29, 0.717) is 0 Å². The molecule has 2 rings (SSSR count). The van der Waals surface area contributed by atoms with Gasteiger partial charge >= 0.3 is 58.4 Å². The third kappa shape index (κ3) is 4.95. The summed E-state index contributed by atoms with van der Waals surface area (Å²) in [5.74, 6) is 0.0267. The molecule has 6 nitrogen and oxygen atoms in total. The van der Waals surface area contributed by atoms with E-state index in [1.165, 1.54) is 24.0 Å². The van der Waals surface area contributed by atoms with Crippen LogP contribution in [-0.2, 0) is 13.7 Å². The molecule has 1 heterocycles. The van der Waals surface area contributed by atoms with Crippen LogP contribution in [0.2, 0.25) is 0 Å². The van der Waals surface area contributed by atoms with Gasteiger partial charge in [0, 0.05) is 0 Å². The summed E-state index contributed by atoms with van der Waals surface area (Å²) in [6.45, 7) is -5.40. The summed E-state index contributed by atoms with van der Waals surface area (Å²) in [6, 6.07) is 3.50. The summed E-state index contributed by atoms with van der Waals surface area (Å²) in [4.78, 5) is 1.20. The van der Waals surface area contributed by atoms with Gasteiger partial charge < -0.3 is 22.4 Å². The van der Waals surface area contributed by atoms with Crippen molar-refractivity contribution in [3.63, 3.8) is 0 Å². The molecule has 0 N–H and O–H groups in total. The molecule has 0 atom stereocenters. The van der Waals surface area contributed by atoms with Crippen molar-refractivity contribution in [2.45, 2.75) is 6.61 Å². The molecule has 0 bridgehead atoms. The van der Waals surface area contributed by atoms with Crippen LogP contribution in [0.5, 0.6) is 11.5 Å². The molecule has 21 heavy (non-hydrogen) atoms. The van der Waals surface area contributed by atoms with Crippen molar-refractivity contribution >= 4 is 12.4 Å². The maximum atomic E-state index is 13.0. The fourth-order valence-corrected chi connectivity index (χ4v) is 1.56. The quantitative estimate of drug-likeness (QED) is 0.587. The first-order valence-corrected chi connectivity index (χ1v) is 5.63. The minimum atomic E-state index is -5.21. The van der Waals surface area contributed by atoms with Crippen LogP contribution >= 0.6 is 0 Å².